The van der Waals surface area contributed by atoms with E-state index in [-0.39, 0.29) is 43.0 Å². The number of hydrogen-bond donors (Lipinski definition) is 2. The molecule has 14 heteroatoms. The molecular weight excluding hydrogens is 835 g/mol. The van der Waals surface area contributed by atoms with Crippen molar-refractivity contribution in [2.24, 2.45) is 0 Å². The minimum absolute atomic E-state index is 0.0296. The molecular formula is C50H50FN4O8P. The van der Waals surface area contributed by atoms with Crippen molar-refractivity contribution < 1.29 is 42.2 Å². The van der Waals surface area contributed by atoms with Crippen molar-refractivity contribution in [2.75, 3.05) is 32.4 Å². The van der Waals surface area contributed by atoms with Gasteiger partial charge in [0.15, 0.2) is 11.9 Å². The number of benzene rings is 5. The third-order valence-corrected chi connectivity index (χ3v) is 13.2. The number of pyridine rings is 1. The molecule has 0 radical (unpaired) electrons. The molecule has 1 aliphatic rings. The van der Waals surface area contributed by atoms with E-state index in [4.69, 9.17) is 23.5 Å². The maximum atomic E-state index is 14.7. The van der Waals surface area contributed by atoms with E-state index >= 15 is 0 Å². The molecule has 0 saturated carbocycles. The molecule has 1 amide bonds. The first-order valence-corrected chi connectivity index (χ1v) is 23.2. The summed E-state index contributed by atoms with van der Waals surface area (Å²) < 4.78 is 53.5. The minimum Gasteiger partial charge on any atom is -0.494 e. The van der Waals surface area contributed by atoms with Gasteiger partial charge in [-0.25, -0.2) is 13.8 Å². The number of aromatic nitrogens is 2. The molecule has 0 bridgehead atoms. The number of piperidine rings is 1. The summed E-state index contributed by atoms with van der Waals surface area (Å²) >= 11 is 0. The highest BCUT2D eigenvalue weighted by atomic mass is 31.2. The Morgan fingerprint density at radius 3 is 2.16 bits per heavy atom. The van der Waals surface area contributed by atoms with Crippen LogP contribution < -0.4 is 14.6 Å². The Morgan fingerprint density at radius 2 is 1.52 bits per heavy atom. The Morgan fingerprint density at radius 1 is 0.875 bits per heavy atom. The molecule has 2 N–H and O–H groups in total. The van der Waals surface area contributed by atoms with Gasteiger partial charge in [-0.15, -0.1) is 0 Å². The molecule has 1 saturated heterocycles. The zero-order valence-corrected chi connectivity index (χ0v) is 36.5. The Labute approximate surface area is 371 Å². The molecule has 0 spiro atoms. The van der Waals surface area contributed by atoms with Crippen LogP contribution in [0.15, 0.2) is 140 Å². The fraction of sp³-hybridized carbons (Fsp3) is 0.260. The van der Waals surface area contributed by atoms with Gasteiger partial charge in [-0.2, -0.15) is 0 Å². The van der Waals surface area contributed by atoms with E-state index in [1.807, 2.05) is 72.8 Å². The van der Waals surface area contributed by atoms with E-state index in [2.05, 4.69) is 10.2 Å². The van der Waals surface area contributed by atoms with E-state index < -0.39 is 25.8 Å². The standard InChI is InChI=1S/C50H50FN4O8P/c1-3-60-50(58)34(2)62-64(59,63-40-18-11-6-12-19-40)31-30-54-28-25-39(26-29-54)53-48(56)43-41-20-13-27-52-45(41)47(61-46(36-14-7-4-8-15-36)37-16-9-5-10-17-37)44-42(43)33-55(49(44)57)32-35-21-23-38(51)24-22-35/h4-24,27,33-34,39,46,57H,3,25-26,28-32H2,1-2H3,(H,53,56)/t34-,64?/m0/s1. The van der Waals surface area contributed by atoms with Gasteiger partial charge in [-0.05, 0) is 73.7 Å². The molecule has 1 fully saturated rings. The van der Waals surface area contributed by atoms with Crippen LogP contribution >= 0.6 is 7.60 Å². The van der Waals surface area contributed by atoms with Crippen LogP contribution in [-0.4, -0.2) is 76.0 Å². The number of hydrogen-bond acceptors (Lipinski definition) is 10. The summed E-state index contributed by atoms with van der Waals surface area (Å²) in [7, 11) is -3.81. The minimum atomic E-state index is -3.81. The third kappa shape index (κ3) is 10.1. The fourth-order valence-electron chi connectivity index (χ4n) is 8.11. The van der Waals surface area contributed by atoms with Crippen LogP contribution in [0, 0.1) is 5.82 Å². The number of para-hydroxylation sites is 1. The molecule has 3 heterocycles. The second kappa shape index (κ2) is 19.9. The number of esters is 1. The summed E-state index contributed by atoms with van der Waals surface area (Å²) in [5.41, 5.74) is 3.26. The molecule has 0 aliphatic carbocycles. The van der Waals surface area contributed by atoms with Crippen LogP contribution in [0.2, 0.25) is 0 Å². The van der Waals surface area contributed by atoms with Gasteiger partial charge in [-0.3, -0.25) is 14.3 Å². The normalized spacial score (nSPS) is 14.9. The first kappa shape index (κ1) is 44.1. The second-order valence-corrected chi connectivity index (χ2v) is 17.8. The number of fused-ring (bicyclic) bond motifs is 2. The van der Waals surface area contributed by atoms with Crippen molar-refractivity contribution in [1.29, 1.82) is 0 Å². The highest BCUT2D eigenvalue weighted by molar-refractivity contribution is 7.54. The topological polar surface area (TPSA) is 141 Å². The quantitative estimate of drug-likeness (QED) is 0.0671. The summed E-state index contributed by atoms with van der Waals surface area (Å²) in [6, 6.07) is 37.7. The van der Waals surface area contributed by atoms with Crippen LogP contribution in [0.5, 0.6) is 17.4 Å². The Balaban J connectivity index is 1.07. The van der Waals surface area contributed by atoms with Crippen LogP contribution in [0.3, 0.4) is 0 Å². The van der Waals surface area contributed by atoms with Gasteiger partial charge in [0.05, 0.1) is 30.3 Å². The lowest BCUT2D eigenvalue weighted by Gasteiger charge is -2.33. The van der Waals surface area contributed by atoms with Crippen molar-refractivity contribution in [3.8, 4) is 17.4 Å². The lowest BCUT2D eigenvalue weighted by atomic mass is 9.98. The number of aromatic hydroxyl groups is 1. The largest absolute Gasteiger partial charge is 0.494 e. The number of ether oxygens (including phenoxy) is 2. The maximum Gasteiger partial charge on any atom is 0.381 e. The van der Waals surface area contributed by atoms with Gasteiger partial charge in [0.2, 0.25) is 5.88 Å². The number of rotatable bonds is 17. The zero-order valence-electron chi connectivity index (χ0n) is 35.6. The number of halogens is 1. The molecule has 2 atom stereocenters. The van der Waals surface area contributed by atoms with Crippen molar-refractivity contribution in [3.05, 3.63) is 168 Å². The predicted molar refractivity (Wildman–Crippen MR) is 243 cm³/mol. The average molecular weight is 885 g/mol. The molecule has 12 nitrogen and oxygen atoms in total. The number of likely N-dealkylation sites (tertiary alicyclic amines) is 1. The third-order valence-electron chi connectivity index (χ3n) is 11.3. The Hall–Kier alpha value is -6.53. The maximum absolute atomic E-state index is 14.7. The smallest absolute Gasteiger partial charge is 0.381 e. The molecule has 8 rings (SSSR count). The van der Waals surface area contributed by atoms with Crippen molar-refractivity contribution in [2.45, 2.75) is 51.5 Å². The number of nitrogens with zero attached hydrogens (tertiary/aromatic N) is 3. The van der Waals surface area contributed by atoms with Gasteiger partial charge in [0, 0.05) is 48.8 Å². The van der Waals surface area contributed by atoms with Crippen LogP contribution in [0.1, 0.15) is 59.8 Å². The Kier molecular flexibility index (Phi) is 13.7. The van der Waals surface area contributed by atoms with Gasteiger partial charge in [-0.1, -0.05) is 97.1 Å². The summed E-state index contributed by atoms with van der Waals surface area (Å²) in [5, 5.41) is 16.7. The SMILES string of the molecule is CCOC(=O)[C@H](C)OP(=O)(CCN1CCC(NC(=O)c2c3cccnc3c(OC(c3ccccc3)c3ccccc3)c3c(O)n(Cc4ccc(F)cc4)cc23)CC1)Oc1ccccc1. The summed E-state index contributed by atoms with van der Waals surface area (Å²) in [5.74, 6) is -0.774. The van der Waals surface area contributed by atoms with Gasteiger partial charge >= 0.3 is 13.6 Å². The van der Waals surface area contributed by atoms with E-state index in [0.717, 1.165) is 16.7 Å². The molecule has 7 aromatic rings. The Bertz CT molecular complexity index is 2710. The summed E-state index contributed by atoms with van der Waals surface area (Å²) in [6.07, 6.45) is 2.92. The number of carbonyl (C=O) groups is 2. The zero-order chi connectivity index (χ0) is 44.6. The monoisotopic (exact) mass is 884 g/mol. The van der Waals surface area contributed by atoms with Crippen molar-refractivity contribution >= 4 is 41.1 Å². The van der Waals surface area contributed by atoms with E-state index in [0.29, 0.717) is 71.2 Å². The molecule has 2 aromatic heterocycles. The number of nitrogens with one attached hydrogen (secondary N) is 1. The van der Waals surface area contributed by atoms with Gasteiger partial charge in [0.25, 0.3) is 5.91 Å². The summed E-state index contributed by atoms with van der Waals surface area (Å²) in [4.78, 5) is 34.0. The lowest BCUT2D eigenvalue weighted by Crippen LogP contribution is -2.45. The second-order valence-electron chi connectivity index (χ2n) is 15.7. The van der Waals surface area contributed by atoms with Gasteiger partial charge < -0.3 is 33.9 Å². The lowest BCUT2D eigenvalue weighted by molar-refractivity contribution is -0.150. The van der Waals surface area contributed by atoms with E-state index in [1.165, 1.54) is 19.1 Å². The first-order valence-electron chi connectivity index (χ1n) is 21.4. The predicted octanol–water partition coefficient (Wildman–Crippen LogP) is 9.69. The summed E-state index contributed by atoms with van der Waals surface area (Å²) in [6.45, 7) is 5.08. The first-order chi connectivity index (χ1) is 31.1. The highest BCUT2D eigenvalue weighted by Crippen LogP contribution is 2.50. The van der Waals surface area contributed by atoms with Crippen molar-refractivity contribution in [3.63, 3.8) is 0 Å². The molecule has 1 unspecified atom stereocenters. The molecule has 5 aromatic carbocycles. The molecule has 64 heavy (non-hydrogen) atoms. The van der Waals surface area contributed by atoms with Crippen LogP contribution in [0.4, 0.5) is 4.39 Å². The van der Waals surface area contributed by atoms with Crippen LogP contribution in [-0.2, 0) is 25.2 Å². The van der Waals surface area contributed by atoms with Gasteiger partial charge in [0.1, 0.15) is 23.2 Å². The molecule has 1 aliphatic heterocycles. The number of amides is 1. The van der Waals surface area contributed by atoms with E-state index in [9.17, 15) is 23.7 Å². The van der Waals surface area contributed by atoms with Crippen molar-refractivity contribution in [1.82, 2.24) is 19.8 Å². The van der Waals surface area contributed by atoms with Crippen LogP contribution in [0.25, 0.3) is 21.7 Å². The average Bonchev–Trinajstić information content (AvgIpc) is 3.63. The van der Waals surface area contributed by atoms with E-state index in [1.54, 1.807) is 66.3 Å². The fourth-order valence-corrected chi connectivity index (χ4v) is 9.88. The molecule has 330 valence electrons. The number of carbonyl (C=O) groups excluding carboxylic acids is 2. The highest BCUT2D eigenvalue weighted by Gasteiger charge is 2.34.